The number of aromatic nitrogens is 4. The highest BCUT2D eigenvalue weighted by Gasteiger charge is 2.12. The van der Waals surface area contributed by atoms with Crippen molar-refractivity contribution in [2.45, 2.75) is 13.3 Å². The van der Waals surface area contributed by atoms with Crippen molar-refractivity contribution in [3.63, 3.8) is 0 Å². The minimum absolute atomic E-state index is 0.568. The van der Waals surface area contributed by atoms with Crippen LogP contribution in [0.1, 0.15) is 12.6 Å². The van der Waals surface area contributed by atoms with Crippen molar-refractivity contribution in [3.8, 4) is 11.4 Å². The number of imidazole rings is 1. The second kappa shape index (κ2) is 4.34. The molecule has 5 heteroatoms. The summed E-state index contributed by atoms with van der Waals surface area (Å²) in [5, 5.41) is 6.85. The summed E-state index contributed by atoms with van der Waals surface area (Å²) < 4.78 is 2.51. The summed E-state index contributed by atoms with van der Waals surface area (Å²) >= 11 is 5.31. The van der Waals surface area contributed by atoms with Gasteiger partial charge >= 0.3 is 0 Å². The van der Waals surface area contributed by atoms with Crippen LogP contribution in [0, 0.1) is 4.77 Å². The molecule has 0 unspecified atom stereocenters. The number of H-pyrrole nitrogens is 1. The third-order valence-electron chi connectivity index (χ3n) is 2.91. The van der Waals surface area contributed by atoms with Crippen molar-refractivity contribution in [3.05, 3.63) is 47.0 Å². The molecule has 90 valence electrons. The molecule has 0 aliphatic carbocycles. The first-order chi connectivity index (χ1) is 8.81. The lowest BCUT2D eigenvalue weighted by molar-refractivity contribution is 0.925. The summed E-state index contributed by atoms with van der Waals surface area (Å²) in [6, 6.07) is 10.0. The predicted octanol–water partition coefficient (Wildman–Crippen LogP) is 3.02. The van der Waals surface area contributed by atoms with Crippen LogP contribution in [0.4, 0.5) is 0 Å². The van der Waals surface area contributed by atoms with E-state index < -0.39 is 0 Å². The molecule has 0 amide bonds. The van der Waals surface area contributed by atoms with Crippen LogP contribution >= 0.6 is 12.2 Å². The topological polar surface area (TPSA) is 46.0 Å². The van der Waals surface area contributed by atoms with Crippen LogP contribution in [0.25, 0.3) is 16.9 Å². The first-order valence-electron chi connectivity index (χ1n) is 5.81. The first kappa shape index (κ1) is 11.1. The summed E-state index contributed by atoms with van der Waals surface area (Å²) in [7, 11) is 0. The fourth-order valence-corrected chi connectivity index (χ4v) is 2.29. The van der Waals surface area contributed by atoms with Crippen molar-refractivity contribution in [1.82, 2.24) is 19.6 Å². The number of fused-ring (bicyclic) bond motifs is 1. The maximum atomic E-state index is 5.31. The van der Waals surface area contributed by atoms with Gasteiger partial charge in [-0.25, -0.2) is 4.98 Å². The van der Waals surface area contributed by atoms with E-state index in [1.807, 2.05) is 34.7 Å². The molecule has 0 bridgehead atoms. The van der Waals surface area contributed by atoms with E-state index in [0.29, 0.717) is 4.77 Å². The number of aromatic amines is 1. The second-order valence-electron chi connectivity index (χ2n) is 4.00. The summed E-state index contributed by atoms with van der Waals surface area (Å²) in [5.41, 5.74) is 3.04. The molecule has 2 aromatic heterocycles. The largest absolute Gasteiger partial charge is 0.266 e. The molecule has 3 aromatic rings. The minimum Gasteiger partial charge on any atom is -0.266 e. The van der Waals surface area contributed by atoms with Gasteiger partial charge in [0, 0.05) is 5.56 Å². The number of hydrogen-bond acceptors (Lipinski definition) is 3. The normalized spacial score (nSPS) is 10.9. The summed E-state index contributed by atoms with van der Waals surface area (Å²) in [6.07, 6.45) is 2.63. The van der Waals surface area contributed by atoms with Gasteiger partial charge in [0.15, 0.2) is 4.77 Å². The van der Waals surface area contributed by atoms with Gasteiger partial charge in [-0.2, -0.15) is 5.10 Å². The Hall–Kier alpha value is -2.01. The van der Waals surface area contributed by atoms with Gasteiger partial charge in [-0.1, -0.05) is 37.3 Å². The lowest BCUT2D eigenvalue weighted by atomic mass is 10.2. The molecule has 0 atom stereocenters. The van der Waals surface area contributed by atoms with E-state index in [-0.39, 0.29) is 0 Å². The number of hydrogen-bond donors (Lipinski definition) is 1. The van der Waals surface area contributed by atoms with Crippen LogP contribution in [0.3, 0.4) is 0 Å². The molecule has 0 spiro atoms. The van der Waals surface area contributed by atoms with Crippen molar-refractivity contribution >= 4 is 17.7 Å². The number of rotatable bonds is 2. The van der Waals surface area contributed by atoms with Crippen molar-refractivity contribution < 1.29 is 0 Å². The molecule has 2 heterocycles. The Bertz CT molecular complexity index is 743. The van der Waals surface area contributed by atoms with Crippen LogP contribution in [0.5, 0.6) is 0 Å². The molecule has 0 aliphatic rings. The van der Waals surface area contributed by atoms with Crippen LogP contribution in [0.2, 0.25) is 0 Å². The highest BCUT2D eigenvalue weighted by molar-refractivity contribution is 7.71. The standard InChI is InChI=1S/C13H12N4S/c1-2-10-11-8-14-16-13(18)17(11)12(15-10)9-6-4-3-5-7-9/h3-8H,2H2,1H3,(H,16,18). The Morgan fingerprint density at radius 2 is 2.06 bits per heavy atom. The molecule has 0 saturated heterocycles. The Balaban J connectivity index is 2.40. The third-order valence-corrected chi connectivity index (χ3v) is 3.18. The Morgan fingerprint density at radius 3 is 2.78 bits per heavy atom. The molecule has 0 aliphatic heterocycles. The number of aryl methyl sites for hydroxylation is 1. The van der Waals surface area contributed by atoms with Gasteiger partial charge < -0.3 is 0 Å². The lowest BCUT2D eigenvalue weighted by Crippen LogP contribution is -1.95. The molecular weight excluding hydrogens is 244 g/mol. The molecule has 1 N–H and O–H groups in total. The van der Waals surface area contributed by atoms with E-state index in [0.717, 1.165) is 29.0 Å². The Morgan fingerprint density at radius 1 is 1.28 bits per heavy atom. The second-order valence-corrected chi connectivity index (χ2v) is 4.38. The average molecular weight is 256 g/mol. The van der Waals surface area contributed by atoms with Gasteiger partial charge in [0.25, 0.3) is 0 Å². The van der Waals surface area contributed by atoms with Crippen LogP contribution in [0.15, 0.2) is 36.5 Å². The molecular formula is C13H12N4S. The fraction of sp³-hybridized carbons (Fsp3) is 0.154. The molecule has 3 rings (SSSR count). The zero-order chi connectivity index (χ0) is 12.5. The lowest BCUT2D eigenvalue weighted by Gasteiger charge is -2.00. The van der Waals surface area contributed by atoms with Gasteiger partial charge in [-0.05, 0) is 18.6 Å². The number of benzene rings is 1. The highest BCUT2D eigenvalue weighted by Crippen LogP contribution is 2.22. The quantitative estimate of drug-likeness (QED) is 0.717. The van der Waals surface area contributed by atoms with E-state index in [4.69, 9.17) is 12.2 Å². The SMILES string of the molecule is CCc1nc(-c2ccccc2)n2c(=S)[nH]ncc12. The maximum Gasteiger partial charge on any atom is 0.200 e. The summed E-state index contributed by atoms with van der Waals surface area (Å²) in [4.78, 5) is 4.68. The average Bonchev–Trinajstić information content (AvgIpc) is 2.80. The molecule has 0 radical (unpaired) electrons. The fourth-order valence-electron chi connectivity index (χ4n) is 2.06. The van der Waals surface area contributed by atoms with Gasteiger partial charge in [0.05, 0.1) is 17.4 Å². The molecule has 0 fully saturated rings. The molecule has 1 aromatic carbocycles. The van der Waals surface area contributed by atoms with E-state index in [9.17, 15) is 0 Å². The van der Waals surface area contributed by atoms with E-state index in [1.165, 1.54) is 0 Å². The van der Waals surface area contributed by atoms with Crippen molar-refractivity contribution in [2.75, 3.05) is 0 Å². The highest BCUT2D eigenvalue weighted by atomic mass is 32.1. The van der Waals surface area contributed by atoms with Crippen molar-refractivity contribution in [1.29, 1.82) is 0 Å². The maximum absolute atomic E-state index is 5.31. The van der Waals surface area contributed by atoms with E-state index in [1.54, 1.807) is 6.20 Å². The monoisotopic (exact) mass is 256 g/mol. The summed E-state index contributed by atoms with van der Waals surface area (Å²) in [6.45, 7) is 2.08. The van der Waals surface area contributed by atoms with Gasteiger partial charge in [-0.3, -0.25) is 9.50 Å². The summed E-state index contributed by atoms with van der Waals surface area (Å²) in [5.74, 6) is 0.867. The van der Waals surface area contributed by atoms with Gasteiger partial charge in [0.2, 0.25) is 0 Å². The van der Waals surface area contributed by atoms with Crippen molar-refractivity contribution in [2.24, 2.45) is 0 Å². The van der Waals surface area contributed by atoms with Gasteiger partial charge in [-0.15, -0.1) is 0 Å². The predicted molar refractivity (Wildman–Crippen MR) is 73.0 cm³/mol. The van der Waals surface area contributed by atoms with Crippen LogP contribution < -0.4 is 0 Å². The third kappa shape index (κ3) is 1.64. The molecule has 18 heavy (non-hydrogen) atoms. The number of nitrogens with zero attached hydrogens (tertiary/aromatic N) is 3. The zero-order valence-electron chi connectivity index (χ0n) is 9.92. The number of nitrogens with one attached hydrogen (secondary N) is 1. The van der Waals surface area contributed by atoms with Gasteiger partial charge in [0.1, 0.15) is 5.82 Å². The van der Waals surface area contributed by atoms with Crippen LogP contribution in [-0.2, 0) is 6.42 Å². The zero-order valence-corrected chi connectivity index (χ0v) is 10.7. The first-order valence-corrected chi connectivity index (χ1v) is 6.22. The Kier molecular flexibility index (Phi) is 2.68. The molecule has 0 saturated carbocycles. The van der Waals surface area contributed by atoms with E-state index >= 15 is 0 Å². The smallest absolute Gasteiger partial charge is 0.200 e. The Labute approximate surface area is 109 Å². The molecule has 4 nitrogen and oxygen atoms in total. The van der Waals surface area contributed by atoms with E-state index in [2.05, 4.69) is 22.1 Å². The minimum atomic E-state index is 0.568. The van der Waals surface area contributed by atoms with Crippen LogP contribution in [-0.4, -0.2) is 19.6 Å².